The number of rotatable bonds is 3. The average molecular weight is 417 g/mol. The highest BCUT2D eigenvalue weighted by molar-refractivity contribution is 5.84. The van der Waals surface area contributed by atoms with Gasteiger partial charge in [0, 0.05) is 49.2 Å². The molecule has 0 bridgehead atoms. The fraction of sp³-hybridized carbons (Fsp3) is 0.360. The van der Waals surface area contributed by atoms with E-state index in [0.717, 1.165) is 55.7 Å². The van der Waals surface area contributed by atoms with Crippen LogP contribution in [0.25, 0.3) is 27.9 Å². The van der Waals surface area contributed by atoms with Gasteiger partial charge in [-0.1, -0.05) is 13.0 Å². The second-order valence-corrected chi connectivity index (χ2v) is 8.57. The molecule has 6 heteroatoms. The van der Waals surface area contributed by atoms with Crippen molar-refractivity contribution in [2.75, 3.05) is 38.1 Å². The molecule has 0 amide bonds. The van der Waals surface area contributed by atoms with E-state index in [0.29, 0.717) is 16.8 Å². The molecule has 31 heavy (non-hydrogen) atoms. The Bertz CT molecular complexity index is 1320. The minimum atomic E-state index is -0.349. The van der Waals surface area contributed by atoms with Crippen molar-refractivity contribution in [3.05, 3.63) is 64.3 Å². The number of anilines is 1. The van der Waals surface area contributed by atoms with Gasteiger partial charge in [0.25, 0.3) is 0 Å². The molecule has 0 atom stereocenters. The highest BCUT2D eigenvalue weighted by atomic mass is 16.4. The smallest absolute Gasteiger partial charge is 0.345 e. The highest BCUT2D eigenvalue weighted by Gasteiger charge is 2.16. The SMILES string of the molecule is CCc1cc(C)cn2cc(-c3cc4ccc(N5CCCN(C)CC5)cc4oc3=O)nc12. The quantitative estimate of drug-likeness (QED) is 0.470. The molecule has 3 aromatic heterocycles. The van der Waals surface area contributed by atoms with E-state index < -0.39 is 0 Å². The summed E-state index contributed by atoms with van der Waals surface area (Å²) in [5, 5.41) is 0.911. The van der Waals surface area contributed by atoms with Gasteiger partial charge in [-0.15, -0.1) is 0 Å². The van der Waals surface area contributed by atoms with Crippen LogP contribution in [0.15, 0.2) is 51.9 Å². The van der Waals surface area contributed by atoms with Crippen LogP contribution < -0.4 is 10.5 Å². The summed E-state index contributed by atoms with van der Waals surface area (Å²) in [5.74, 6) is 0. The third-order valence-corrected chi connectivity index (χ3v) is 6.23. The van der Waals surface area contributed by atoms with Crippen molar-refractivity contribution in [3.8, 4) is 11.3 Å². The van der Waals surface area contributed by atoms with Gasteiger partial charge >= 0.3 is 5.63 Å². The first kappa shape index (κ1) is 19.8. The molecule has 0 saturated carbocycles. The highest BCUT2D eigenvalue weighted by Crippen LogP contribution is 2.26. The molecule has 0 aliphatic carbocycles. The second kappa shape index (κ2) is 7.85. The minimum absolute atomic E-state index is 0.349. The van der Waals surface area contributed by atoms with Gasteiger partial charge in [0.1, 0.15) is 11.2 Å². The molecule has 0 spiro atoms. The van der Waals surface area contributed by atoms with Crippen molar-refractivity contribution in [1.82, 2.24) is 14.3 Å². The summed E-state index contributed by atoms with van der Waals surface area (Å²) in [5.41, 5.74) is 5.76. The normalized spacial score (nSPS) is 15.6. The largest absolute Gasteiger partial charge is 0.422 e. The van der Waals surface area contributed by atoms with E-state index in [-0.39, 0.29) is 5.63 Å². The van der Waals surface area contributed by atoms with Crippen LogP contribution in [0.1, 0.15) is 24.5 Å². The first-order valence-electron chi connectivity index (χ1n) is 11.0. The molecule has 0 N–H and O–H groups in total. The van der Waals surface area contributed by atoms with Gasteiger partial charge < -0.3 is 18.6 Å². The molecular weight excluding hydrogens is 388 g/mol. The van der Waals surface area contributed by atoms with Gasteiger partial charge in [-0.2, -0.15) is 0 Å². The average Bonchev–Trinajstić information content (AvgIpc) is 3.05. The molecule has 0 radical (unpaired) electrons. The van der Waals surface area contributed by atoms with Crippen LogP contribution >= 0.6 is 0 Å². The van der Waals surface area contributed by atoms with Gasteiger partial charge in [0.2, 0.25) is 0 Å². The van der Waals surface area contributed by atoms with E-state index in [4.69, 9.17) is 9.40 Å². The number of fused-ring (bicyclic) bond motifs is 2. The number of hydrogen-bond donors (Lipinski definition) is 0. The van der Waals surface area contributed by atoms with Crippen molar-refractivity contribution >= 4 is 22.3 Å². The Labute approximate surface area is 181 Å². The fourth-order valence-electron chi connectivity index (χ4n) is 4.50. The predicted octanol–water partition coefficient (Wildman–Crippen LogP) is 4.12. The molecule has 0 unspecified atom stereocenters. The van der Waals surface area contributed by atoms with E-state index in [9.17, 15) is 4.79 Å². The Hall–Kier alpha value is -3.12. The Balaban J connectivity index is 1.55. The molecule has 6 nitrogen and oxygen atoms in total. The number of hydrogen-bond acceptors (Lipinski definition) is 5. The molecule has 5 rings (SSSR count). The van der Waals surface area contributed by atoms with E-state index in [2.05, 4.69) is 42.8 Å². The number of imidazole rings is 1. The number of benzene rings is 1. The number of nitrogens with zero attached hydrogens (tertiary/aromatic N) is 4. The summed E-state index contributed by atoms with van der Waals surface area (Å²) in [6.07, 6.45) is 5.98. The van der Waals surface area contributed by atoms with Crippen LogP contribution in [-0.2, 0) is 6.42 Å². The molecule has 4 heterocycles. The first-order valence-corrected chi connectivity index (χ1v) is 11.0. The van der Waals surface area contributed by atoms with E-state index >= 15 is 0 Å². The fourth-order valence-corrected chi connectivity index (χ4v) is 4.50. The Morgan fingerprint density at radius 2 is 1.94 bits per heavy atom. The second-order valence-electron chi connectivity index (χ2n) is 8.57. The van der Waals surface area contributed by atoms with Crippen molar-refractivity contribution in [1.29, 1.82) is 0 Å². The Morgan fingerprint density at radius 3 is 2.77 bits per heavy atom. The third kappa shape index (κ3) is 3.72. The van der Waals surface area contributed by atoms with Crippen molar-refractivity contribution in [2.24, 2.45) is 0 Å². The standard InChI is InChI=1S/C25H28N4O2/c1-4-18-12-17(2)15-29-16-22(26-24(18)29)21-13-19-6-7-20(14-23(19)31-25(21)30)28-9-5-8-27(3)10-11-28/h6-7,12-16H,4-5,8-11H2,1-3H3. The maximum atomic E-state index is 12.9. The van der Waals surface area contributed by atoms with Gasteiger partial charge in [-0.05, 0) is 62.7 Å². The van der Waals surface area contributed by atoms with Gasteiger partial charge in [-0.3, -0.25) is 0 Å². The lowest BCUT2D eigenvalue weighted by Crippen LogP contribution is -2.28. The van der Waals surface area contributed by atoms with Crippen LogP contribution in [0.4, 0.5) is 5.69 Å². The Morgan fingerprint density at radius 1 is 1.06 bits per heavy atom. The van der Waals surface area contributed by atoms with Crippen LogP contribution in [0, 0.1) is 6.92 Å². The zero-order valence-corrected chi connectivity index (χ0v) is 18.4. The molecule has 1 aliphatic heterocycles. The van der Waals surface area contributed by atoms with Crippen molar-refractivity contribution in [2.45, 2.75) is 26.7 Å². The van der Waals surface area contributed by atoms with Crippen molar-refractivity contribution < 1.29 is 4.42 Å². The Kier molecular flexibility index (Phi) is 5.02. The monoisotopic (exact) mass is 416 g/mol. The molecule has 1 aliphatic rings. The van der Waals surface area contributed by atoms with Crippen LogP contribution in [0.3, 0.4) is 0 Å². The van der Waals surface area contributed by atoms with Gasteiger partial charge in [-0.25, -0.2) is 9.78 Å². The molecule has 1 saturated heterocycles. The third-order valence-electron chi connectivity index (χ3n) is 6.23. The van der Waals surface area contributed by atoms with E-state index in [1.807, 2.05) is 35.0 Å². The topological polar surface area (TPSA) is 54.0 Å². The summed E-state index contributed by atoms with van der Waals surface area (Å²) < 4.78 is 7.77. The van der Waals surface area contributed by atoms with Crippen LogP contribution in [0.5, 0.6) is 0 Å². The summed E-state index contributed by atoms with van der Waals surface area (Å²) in [7, 11) is 2.16. The molecule has 160 valence electrons. The van der Waals surface area contributed by atoms with E-state index in [1.54, 1.807) is 0 Å². The number of pyridine rings is 1. The maximum Gasteiger partial charge on any atom is 0.345 e. The predicted molar refractivity (Wildman–Crippen MR) is 125 cm³/mol. The summed E-state index contributed by atoms with van der Waals surface area (Å²) in [6.45, 7) is 8.33. The zero-order chi connectivity index (χ0) is 21.5. The zero-order valence-electron chi connectivity index (χ0n) is 18.4. The molecular formula is C25H28N4O2. The summed E-state index contributed by atoms with van der Waals surface area (Å²) in [6, 6.07) is 10.2. The summed E-state index contributed by atoms with van der Waals surface area (Å²) >= 11 is 0. The lowest BCUT2D eigenvalue weighted by molar-refractivity contribution is 0.360. The van der Waals surface area contributed by atoms with Gasteiger partial charge in [0.15, 0.2) is 0 Å². The van der Waals surface area contributed by atoms with Gasteiger partial charge in [0.05, 0.1) is 11.3 Å². The lowest BCUT2D eigenvalue weighted by atomic mass is 10.1. The van der Waals surface area contributed by atoms with Crippen LogP contribution in [-0.4, -0.2) is 47.5 Å². The summed E-state index contributed by atoms with van der Waals surface area (Å²) in [4.78, 5) is 22.4. The van der Waals surface area contributed by atoms with Crippen LogP contribution in [0.2, 0.25) is 0 Å². The first-order chi connectivity index (χ1) is 15.0. The molecule has 4 aromatic rings. The molecule has 1 aromatic carbocycles. The van der Waals surface area contributed by atoms with Crippen molar-refractivity contribution in [3.63, 3.8) is 0 Å². The minimum Gasteiger partial charge on any atom is -0.422 e. The number of aromatic nitrogens is 2. The number of likely N-dealkylation sites (N-methyl/N-ethyl adjacent to an activating group) is 1. The van der Waals surface area contributed by atoms with E-state index in [1.165, 1.54) is 11.1 Å². The molecule has 1 fully saturated rings. The maximum absolute atomic E-state index is 12.9. The number of aryl methyl sites for hydroxylation is 2. The lowest BCUT2D eigenvalue weighted by Gasteiger charge is -2.22.